The zero-order valence-corrected chi connectivity index (χ0v) is 29.4. The summed E-state index contributed by atoms with van der Waals surface area (Å²) in [6.45, 7) is 25.0. The molecule has 4 heterocycles. The summed E-state index contributed by atoms with van der Waals surface area (Å²) in [4.78, 5) is 21.8. The molecule has 1 amide bonds. The number of rotatable bonds is 5. The highest BCUT2D eigenvalue weighted by atomic mass is 28.4. The molecular formula is C31H47N5O5Si2. The maximum Gasteiger partial charge on any atom is 0.349 e. The van der Waals surface area contributed by atoms with Gasteiger partial charge in [-0.05, 0) is 30.3 Å². The topological polar surface area (TPSA) is 109 Å². The number of amides is 1. The first-order chi connectivity index (χ1) is 19.9. The average molecular weight is 626 g/mol. The zero-order valence-electron chi connectivity index (χ0n) is 27.4. The van der Waals surface area contributed by atoms with Crippen molar-refractivity contribution in [2.75, 3.05) is 11.9 Å². The van der Waals surface area contributed by atoms with Crippen LogP contribution in [-0.2, 0) is 18.0 Å². The van der Waals surface area contributed by atoms with Gasteiger partial charge in [-0.3, -0.25) is 10.1 Å². The van der Waals surface area contributed by atoms with E-state index in [4.69, 9.17) is 18.0 Å². The minimum absolute atomic E-state index is 0.0263. The van der Waals surface area contributed by atoms with E-state index < -0.39 is 29.1 Å². The number of aromatic nitrogens is 4. The Hall–Kier alpha value is -2.49. The Kier molecular flexibility index (Phi) is 8.05. The molecule has 2 aromatic heterocycles. The van der Waals surface area contributed by atoms with Crippen LogP contribution in [0.5, 0.6) is 0 Å². The predicted molar refractivity (Wildman–Crippen MR) is 171 cm³/mol. The highest BCUT2D eigenvalue weighted by Crippen LogP contribution is 2.57. The molecule has 43 heavy (non-hydrogen) atoms. The highest BCUT2D eigenvalue weighted by molar-refractivity contribution is 6.74. The van der Waals surface area contributed by atoms with Gasteiger partial charge in [0, 0.05) is 21.2 Å². The van der Waals surface area contributed by atoms with Gasteiger partial charge in [0.2, 0.25) is 5.95 Å². The molecule has 10 nitrogen and oxygen atoms in total. The molecule has 3 aromatic rings. The van der Waals surface area contributed by atoms with Crippen LogP contribution in [0.2, 0.25) is 28.2 Å². The van der Waals surface area contributed by atoms with Crippen LogP contribution in [0, 0.1) is 0 Å². The number of fused-ring (bicyclic) bond motifs is 2. The summed E-state index contributed by atoms with van der Waals surface area (Å²) in [5.41, 5.74) is 1.83. The standard InChI is InChI=1S/C31H47N5O5Si2/c1-29(2,3)42(10,11)40-25-23(39-22-18-38-43(30(4,5)6,31(7,8)9)41-24(22)25)21-17-34-36-26(21)32-19-33-28(36)35-27(37)20-15-13-12-14-16-20/h12-17,19,22-25H,18H2,1-11H3,(H,32,33,35,37)/t22-,23+,24?,25-/m1/s1. The number of anilines is 1. The molecule has 0 spiro atoms. The normalized spacial score (nSPS) is 24.6. The lowest BCUT2D eigenvalue weighted by Gasteiger charge is -2.54. The van der Waals surface area contributed by atoms with Crippen molar-refractivity contribution in [3.8, 4) is 0 Å². The molecule has 2 saturated heterocycles. The van der Waals surface area contributed by atoms with E-state index in [1.807, 2.05) is 18.2 Å². The van der Waals surface area contributed by atoms with E-state index in [1.165, 1.54) is 6.33 Å². The van der Waals surface area contributed by atoms with Crippen molar-refractivity contribution in [3.05, 3.63) is 54.0 Å². The van der Waals surface area contributed by atoms with Crippen LogP contribution < -0.4 is 5.32 Å². The van der Waals surface area contributed by atoms with Gasteiger partial charge in [0.1, 0.15) is 30.7 Å². The Labute approximate surface area is 257 Å². The lowest BCUT2D eigenvalue weighted by atomic mass is 10.0. The molecule has 0 saturated carbocycles. The maximum atomic E-state index is 12.9. The summed E-state index contributed by atoms with van der Waals surface area (Å²) in [6, 6.07) is 9.00. The second-order valence-electron chi connectivity index (χ2n) is 15.3. The third-order valence-corrected chi connectivity index (χ3v) is 18.8. The molecule has 0 bridgehead atoms. The molecule has 1 unspecified atom stereocenters. The molecule has 0 radical (unpaired) electrons. The number of hydrogen-bond donors (Lipinski definition) is 1. The minimum atomic E-state index is -2.80. The predicted octanol–water partition coefficient (Wildman–Crippen LogP) is 6.66. The minimum Gasteiger partial charge on any atom is -0.408 e. The van der Waals surface area contributed by atoms with Crippen LogP contribution in [0.4, 0.5) is 5.95 Å². The molecule has 2 fully saturated rings. The van der Waals surface area contributed by atoms with E-state index in [2.05, 4.69) is 95.8 Å². The first kappa shape index (κ1) is 31.9. The maximum absolute atomic E-state index is 12.9. The summed E-state index contributed by atoms with van der Waals surface area (Å²) in [6.07, 6.45) is 1.67. The van der Waals surface area contributed by atoms with Gasteiger partial charge in [-0.15, -0.1) is 0 Å². The molecule has 5 rings (SSSR count). The first-order valence-corrected chi connectivity index (χ1v) is 19.8. The van der Waals surface area contributed by atoms with Crippen LogP contribution in [-0.4, -0.2) is 67.3 Å². The fourth-order valence-electron chi connectivity index (χ4n) is 6.12. The van der Waals surface area contributed by atoms with Gasteiger partial charge in [0.15, 0.2) is 14.0 Å². The second kappa shape index (κ2) is 10.8. The smallest absolute Gasteiger partial charge is 0.349 e. The van der Waals surface area contributed by atoms with Crippen molar-refractivity contribution in [1.82, 2.24) is 19.6 Å². The van der Waals surface area contributed by atoms with E-state index in [0.717, 1.165) is 5.56 Å². The Morgan fingerprint density at radius 2 is 1.67 bits per heavy atom. The summed E-state index contributed by atoms with van der Waals surface area (Å²) < 4.78 is 29.5. The van der Waals surface area contributed by atoms with Crippen molar-refractivity contribution in [1.29, 1.82) is 0 Å². The van der Waals surface area contributed by atoms with Gasteiger partial charge < -0.3 is 18.0 Å². The van der Waals surface area contributed by atoms with E-state index in [1.54, 1.807) is 22.8 Å². The molecular weight excluding hydrogens is 579 g/mol. The molecule has 0 aliphatic carbocycles. The SMILES string of the molecule is CC(C)(C)[Si](C)(C)O[C@H]1C2O[Si](C(C)(C)C)(C(C)(C)C)OC[C@H]2O[C@H]1c1cnn2c(NC(=O)c3ccccc3)ncnc12. The van der Waals surface area contributed by atoms with Crippen molar-refractivity contribution >= 4 is 34.4 Å². The second-order valence-corrected chi connectivity index (χ2v) is 24.8. The molecule has 2 aliphatic rings. The van der Waals surface area contributed by atoms with Crippen LogP contribution in [0.1, 0.15) is 84.3 Å². The number of carbonyl (C=O) groups excluding carboxylic acids is 1. The molecule has 1 aromatic carbocycles. The fourth-order valence-corrected chi connectivity index (χ4v) is 12.4. The summed E-state index contributed by atoms with van der Waals surface area (Å²) in [7, 11) is -5.08. The van der Waals surface area contributed by atoms with Gasteiger partial charge >= 0.3 is 8.56 Å². The summed E-state index contributed by atoms with van der Waals surface area (Å²) in [5, 5.41) is 7.09. The molecule has 12 heteroatoms. The summed E-state index contributed by atoms with van der Waals surface area (Å²) >= 11 is 0. The largest absolute Gasteiger partial charge is 0.408 e. The van der Waals surface area contributed by atoms with Crippen molar-refractivity contribution in [3.63, 3.8) is 0 Å². The highest BCUT2D eigenvalue weighted by Gasteiger charge is 2.65. The number of nitrogens with one attached hydrogen (secondary N) is 1. The van der Waals surface area contributed by atoms with E-state index in [-0.39, 0.29) is 39.2 Å². The van der Waals surface area contributed by atoms with Crippen LogP contribution >= 0.6 is 0 Å². The Balaban J connectivity index is 1.55. The number of nitrogens with zero attached hydrogens (tertiary/aromatic N) is 4. The summed E-state index contributed by atoms with van der Waals surface area (Å²) in [5.74, 6) is -0.00927. The van der Waals surface area contributed by atoms with E-state index in [0.29, 0.717) is 17.8 Å². The molecule has 234 valence electrons. The van der Waals surface area contributed by atoms with Gasteiger partial charge in [0.05, 0.1) is 12.8 Å². The van der Waals surface area contributed by atoms with Gasteiger partial charge in [-0.25, -0.2) is 9.97 Å². The number of hydrogen-bond acceptors (Lipinski definition) is 8. The van der Waals surface area contributed by atoms with E-state index in [9.17, 15) is 4.79 Å². The van der Waals surface area contributed by atoms with Crippen LogP contribution in [0.3, 0.4) is 0 Å². The lowest BCUT2D eigenvalue weighted by Crippen LogP contribution is -2.66. The van der Waals surface area contributed by atoms with Gasteiger partial charge in [-0.2, -0.15) is 9.61 Å². The number of carbonyl (C=O) groups is 1. The Morgan fingerprint density at radius 3 is 2.28 bits per heavy atom. The van der Waals surface area contributed by atoms with Crippen LogP contribution in [0.15, 0.2) is 42.9 Å². The number of benzene rings is 1. The quantitative estimate of drug-likeness (QED) is 0.314. The Bertz CT molecular complexity index is 1460. The van der Waals surface area contributed by atoms with Gasteiger partial charge in [0.25, 0.3) is 5.91 Å². The average Bonchev–Trinajstić information content (AvgIpc) is 3.48. The number of ether oxygens (including phenoxy) is 1. The van der Waals surface area contributed by atoms with Crippen molar-refractivity contribution < 1.29 is 22.8 Å². The fraction of sp³-hybridized carbons (Fsp3) is 0.613. The lowest BCUT2D eigenvalue weighted by molar-refractivity contribution is -0.0715. The molecule has 1 N–H and O–H groups in total. The van der Waals surface area contributed by atoms with E-state index >= 15 is 0 Å². The zero-order chi connectivity index (χ0) is 31.6. The molecule has 2 aliphatic heterocycles. The Morgan fingerprint density at radius 1 is 1.02 bits per heavy atom. The van der Waals surface area contributed by atoms with Crippen LogP contribution in [0.25, 0.3) is 5.65 Å². The third-order valence-electron chi connectivity index (χ3n) is 9.17. The van der Waals surface area contributed by atoms with Crippen molar-refractivity contribution in [2.24, 2.45) is 0 Å². The van der Waals surface area contributed by atoms with Gasteiger partial charge in [-0.1, -0.05) is 80.5 Å². The monoisotopic (exact) mass is 625 g/mol. The van der Waals surface area contributed by atoms with Crippen molar-refractivity contribution in [2.45, 2.75) is 115 Å². The third kappa shape index (κ3) is 5.62. The first-order valence-electron chi connectivity index (χ1n) is 15.1. The molecule has 4 atom stereocenters.